The summed E-state index contributed by atoms with van der Waals surface area (Å²) in [5.74, 6) is -0.648. The Kier molecular flexibility index (Phi) is 4.82. The number of nitro benzene ring substituents is 1. The molecule has 11 heteroatoms. The van der Waals surface area contributed by atoms with E-state index < -0.39 is 34.7 Å². The highest BCUT2D eigenvalue weighted by Crippen LogP contribution is 2.29. The largest absolute Gasteiger partial charge is 0.416 e. The quantitative estimate of drug-likeness (QED) is 0.543. The second-order valence-corrected chi connectivity index (χ2v) is 5.76. The average molecular weight is 392 g/mol. The second-order valence-electron chi connectivity index (χ2n) is 5.76. The zero-order valence-corrected chi connectivity index (χ0v) is 13.9. The lowest BCUT2D eigenvalue weighted by atomic mass is 10.2. The third-order valence-corrected chi connectivity index (χ3v) is 3.83. The number of alkyl halides is 3. The first-order valence-electron chi connectivity index (χ1n) is 7.76. The van der Waals surface area contributed by atoms with Gasteiger partial charge in [-0.15, -0.1) is 0 Å². The van der Waals surface area contributed by atoms with E-state index in [1.807, 2.05) is 0 Å². The molecule has 1 aromatic heterocycles. The van der Waals surface area contributed by atoms with Gasteiger partial charge in [-0.2, -0.15) is 13.2 Å². The highest BCUT2D eigenvalue weighted by molar-refractivity contribution is 5.90. The number of fused-ring (bicyclic) bond motifs is 1. The van der Waals surface area contributed by atoms with E-state index in [-0.39, 0.29) is 22.3 Å². The second kappa shape index (κ2) is 7.10. The molecule has 2 aromatic carbocycles. The maximum absolute atomic E-state index is 12.5. The third kappa shape index (κ3) is 3.98. The number of anilines is 1. The van der Waals surface area contributed by atoms with Crippen molar-refractivity contribution in [2.24, 2.45) is 0 Å². The summed E-state index contributed by atoms with van der Waals surface area (Å²) in [6.07, 6.45) is -3.41. The first-order valence-corrected chi connectivity index (χ1v) is 7.76. The number of nitrogens with zero attached hydrogens (tertiary/aromatic N) is 3. The zero-order valence-electron chi connectivity index (χ0n) is 13.9. The van der Waals surface area contributed by atoms with Gasteiger partial charge >= 0.3 is 6.18 Å². The summed E-state index contributed by atoms with van der Waals surface area (Å²) >= 11 is 0. The number of amides is 1. The maximum atomic E-state index is 12.5. The highest BCUT2D eigenvalue weighted by Gasteiger charge is 2.30. The van der Waals surface area contributed by atoms with Crippen molar-refractivity contribution in [1.82, 2.24) is 9.55 Å². The van der Waals surface area contributed by atoms with Crippen molar-refractivity contribution in [3.05, 3.63) is 74.8 Å². The van der Waals surface area contributed by atoms with Crippen LogP contribution in [0.1, 0.15) is 5.56 Å². The van der Waals surface area contributed by atoms with Gasteiger partial charge in [0.05, 0.1) is 27.7 Å². The SMILES string of the molecule is O=C(Cn1cnc2cc([N+](=O)[O-])ccc2c1=O)Nc1ccc(C(F)(F)F)cc1. The van der Waals surface area contributed by atoms with Gasteiger partial charge in [0.1, 0.15) is 6.54 Å². The molecule has 1 N–H and O–H groups in total. The fraction of sp³-hybridized carbons (Fsp3) is 0.118. The number of carbonyl (C=O) groups excluding carboxylic acids is 1. The van der Waals surface area contributed by atoms with Crippen LogP contribution in [0, 0.1) is 10.1 Å². The number of benzene rings is 2. The Morgan fingerprint density at radius 2 is 1.86 bits per heavy atom. The number of aromatic nitrogens is 2. The van der Waals surface area contributed by atoms with Gasteiger partial charge in [-0.3, -0.25) is 24.3 Å². The van der Waals surface area contributed by atoms with Crippen LogP contribution in [-0.4, -0.2) is 20.4 Å². The van der Waals surface area contributed by atoms with Crippen molar-refractivity contribution in [1.29, 1.82) is 0 Å². The molecule has 0 atom stereocenters. The monoisotopic (exact) mass is 392 g/mol. The van der Waals surface area contributed by atoms with E-state index in [0.717, 1.165) is 47.3 Å². The molecule has 0 saturated heterocycles. The number of hydrogen-bond donors (Lipinski definition) is 1. The van der Waals surface area contributed by atoms with Crippen molar-refractivity contribution in [3.8, 4) is 0 Å². The minimum atomic E-state index is -4.48. The van der Waals surface area contributed by atoms with Gasteiger partial charge in [-0.05, 0) is 30.3 Å². The van der Waals surface area contributed by atoms with Gasteiger partial charge in [0.15, 0.2) is 0 Å². The topological polar surface area (TPSA) is 107 Å². The number of nitro groups is 1. The predicted molar refractivity (Wildman–Crippen MR) is 92.7 cm³/mol. The van der Waals surface area contributed by atoms with Gasteiger partial charge in [0, 0.05) is 17.8 Å². The first kappa shape index (κ1) is 19.0. The van der Waals surface area contributed by atoms with Crippen LogP contribution in [0.4, 0.5) is 24.5 Å². The van der Waals surface area contributed by atoms with Crippen LogP contribution in [0.2, 0.25) is 0 Å². The molecular formula is C17H11F3N4O4. The van der Waals surface area contributed by atoms with Crippen LogP contribution in [-0.2, 0) is 17.5 Å². The minimum Gasteiger partial charge on any atom is -0.325 e. The Morgan fingerprint density at radius 3 is 2.46 bits per heavy atom. The zero-order chi connectivity index (χ0) is 20.5. The van der Waals surface area contributed by atoms with Gasteiger partial charge in [0.25, 0.3) is 11.2 Å². The standard InChI is InChI=1S/C17H11F3N4O4/c18-17(19,20)10-1-3-11(4-2-10)22-15(25)8-23-9-21-14-7-12(24(27)28)5-6-13(14)16(23)26/h1-7,9H,8H2,(H,22,25). The number of non-ortho nitro benzene ring substituents is 1. The van der Waals surface area contributed by atoms with Crippen LogP contribution in [0.5, 0.6) is 0 Å². The Bertz CT molecular complexity index is 1120. The van der Waals surface area contributed by atoms with E-state index in [1.54, 1.807) is 0 Å². The Hall–Kier alpha value is -3.76. The summed E-state index contributed by atoms with van der Waals surface area (Å²) in [7, 11) is 0. The fourth-order valence-corrected chi connectivity index (χ4v) is 2.47. The summed E-state index contributed by atoms with van der Waals surface area (Å²) in [6.45, 7) is -0.431. The Labute approximate surface area is 154 Å². The van der Waals surface area contributed by atoms with Crippen molar-refractivity contribution in [2.45, 2.75) is 12.7 Å². The normalized spacial score (nSPS) is 11.4. The fourth-order valence-electron chi connectivity index (χ4n) is 2.47. The Balaban J connectivity index is 1.77. The van der Waals surface area contributed by atoms with Crippen molar-refractivity contribution in [3.63, 3.8) is 0 Å². The van der Waals surface area contributed by atoms with E-state index in [4.69, 9.17) is 0 Å². The number of nitrogens with one attached hydrogen (secondary N) is 1. The van der Waals surface area contributed by atoms with Crippen LogP contribution in [0.3, 0.4) is 0 Å². The summed E-state index contributed by atoms with van der Waals surface area (Å²) in [4.78, 5) is 38.6. The van der Waals surface area contributed by atoms with E-state index in [1.165, 1.54) is 6.07 Å². The maximum Gasteiger partial charge on any atom is 0.416 e. The van der Waals surface area contributed by atoms with E-state index in [9.17, 15) is 32.9 Å². The third-order valence-electron chi connectivity index (χ3n) is 3.83. The van der Waals surface area contributed by atoms with Gasteiger partial charge in [-0.25, -0.2) is 4.98 Å². The Morgan fingerprint density at radius 1 is 1.18 bits per heavy atom. The molecular weight excluding hydrogens is 381 g/mol. The van der Waals surface area contributed by atoms with Crippen LogP contribution in [0.15, 0.2) is 53.6 Å². The van der Waals surface area contributed by atoms with Gasteiger partial charge < -0.3 is 5.32 Å². The number of carbonyl (C=O) groups is 1. The molecule has 1 heterocycles. The molecule has 144 valence electrons. The van der Waals surface area contributed by atoms with E-state index in [2.05, 4.69) is 10.3 Å². The predicted octanol–water partition coefficient (Wildman–Crippen LogP) is 2.96. The molecule has 3 aromatic rings. The molecule has 0 radical (unpaired) electrons. The lowest BCUT2D eigenvalue weighted by Crippen LogP contribution is -2.27. The number of rotatable bonds is 4. The van der Waals surface area contributed by atoms with Crippen molar-refractivity contribution >= 4 is 28.2 Å². The summed E-state index contributed by atoms with van der Waals surface area (Å²) in [6, 6.07) is 7.38. The lowest BCUT2D eigenvalue weighted by Gasteiger charge is -2.10. The van der Waals surface area contributed by atoms with Crippen LogP contribution < -0.4 is 10.9 Å². The highest BCUT2D eigenvalue weighted by atomic mass is 19.4. The summed E-state index contributed by atoms with van der Waals surface area (Å²) < 4.78 is 38.6. The summed E-state index contributed by atoms with van der Waals surface area (Å²) in [5, 5.41) is 13.2. The number of halogens is 3. The lowest BCUT2D eigenvalue weighted by molar-refractivity contribution is -0.384. The van der Waals surface area contributed by atoms with E-state index in [0.29, 0.717) is 0 Å². The molecule has 0 aliphatic heterocycles. The van der Waals surface area contributed by atoms with Gasteiger partial charge in [0.2, 0.25) is 5.91 Å². The minimum absolute atomic E-state index is 0.0930. The van der Waals surface area contributed by atoms with Crippen molar-refractivity contribution in [2.75, 3.05) is 5.32 Å². The average Bonchev–Trinajstić information content (AvgIpc) is 2.63. The first-order chi connectivity index (χ1) is 13.1. The van der Waals surface area contributed by atoms with Crippen molar-refractivity contribution < 1.29 is 22.9 Å². The molecule has 0 aliphatic rings. The van der Waals surface area contributed by atoms with Crippen LogP contribution in [0.25, 0.3) is 10.9 Å². The number of hydrogen-bond acceptors (Lipinski definition) is 5. The molecule has 3 rings (SSSR count). The van der Waals surface area contributed by atoms with Crippen LogP contribution >= 0.6 is 0 Å². The van der Waals surface area contributed by atoms with Gasteiger partial charge in [-0.1, -0.05) is 0 Å². The molecule has 8 nitrogen and oxygen atoms in total. The molecule has 0 aliphatic carbocycles. The molecule has 28 heavy (non-hydrogen) atoms. The smallest absolute Gasteiger partial charge is 0.325 e. The molecule has 0 bridgehead atoms. The molecule has 1 amide bonds. The molecule has 0 spiro atoms. The summed E-state index contributed by atoms with van der Waals surface area (Å²) in [5.41, 5.74) is -1.41. The molecule has 0 saturated carbocycles. The van der Waals surface area contributed by atoms with E-state index >= 15 is 0 Å². The molecule has 0 fully saturated rings. The molecule has 0 unspecified atom stereocenters.